The quantitative estimate of drug-likeness (QED) is 0.885. The molecule has 1 heterocycles. The van der Waals surface area contributed by atoms with Crippen LogP contribution in [0.15, 0.2) is 18.2 Å². The number of aryl methyl sites for hydroxylation is 1. The number of nitrogens with zero attached hydrogens (tertiary/aromatic N) is 1. The lowest BCUT2D eigenvalue weighted by Gasteiger charge is -2.32. The van der Waals surface area contributed by atoms with Crippen molar-refractivity contribution in [3.05, 3.63) is 29.3 Å². The molecule has 0 spiro atoms. The second-order valence-corrected chi connectivity index (χ2v) is 6.08. The van der Waals surface area contributed by atoms with E-state index in [0.717, 1.165) is 55.2 Å². The zero-order chi connectivity index (χ0) is 15.2. The highest BCUT2D eigenvalue weighted by Crippen LogP contribution is 2.24. The number of likely N-dealkylation sites (tertiary alicyclic amines) is 1. The Hall–Kier alpha value is -1.51. The molecule has 1 amide bonds. The maximum absolute atomic E-state index is 12.6. The molecule has 2 rings (SSSR count). The number of hydrogen-bond acceptors (Lipinski definition) is 2. The Morgan fingerprint density at radius 3 is 2.57 bits per heavy atom. The molecule has 0 unspecified atom stereocenters. The fraction of sp³-hybridized carbons (Fsp3) is 0.611. The van der Waals surface area contributed by atoms with E-state index < -0.39 is 0 Å². The number of anilines is 1. The summed E-state index contributed by atoms with van der Waals surface area (Å²) < 4.78 is 0. The monoisotopic (exact) mass is 288 g/mol. The van der Waals surface area contributed by atoms with Crippen LogP contribution in [-0.4, -0.2) is 30.4 Å². The van der Waals surface area contributed by atoms with Crippen molar-refractivity contribution in [3.8, 4) is 0 Å². The van der Waals surface area contributed by atoms with E-state index in [0.29, 0.717) is 0 Å². The average molecular weight is 288 g/mol. The summed E-state index contributed by atoms with van der Waals surface area (Å²) in [5.41, 5.74) is 3.09. The largest absolute Gasteiger partial charge is 0.385 e. The molecule has 0 atom stereocenters. The summed E-state index contributed by atoms with van der Waals surface area (Å²) in [5, 5.41) is 3.32. The molecular weight excluding hydrogens is 260 g/mol. The molecule has 1 fully saturated rings. The predicted octanol–water partition coefficient (Wildman–Crippen LogP) is 4.08. The second-order valence-electron chi connectivity index (χ2n) is 6.08. The number of benzene rings is 1. The van der Waals surface area contributed by atoms with Crippen molar-refractivity contribution < 1.29 is 4.79 Å². The summed E-state index contributed by atoms with van der Waals surface area (Å²) in [6.07, 6.45) is 4.88. The smallest absolute Gasteiger partial charge is 0.253 e. The van der Waals surface area contributed by atoms with Crippen molar-refractivity contribution in [1.82, 2.24) is 4.90 Å². The summed E-state index contributed by atoms with van der Waals surface area (Å²) in [5.74, 6) is 1.01. The Balaban J connectivity index is 1.99. The molecule has 1 aromatic carbocycles. The zero-order valence-corrected chi connectivity index (χ0v) is 13.6. The van der Waals surface area contributed by atoms with Gasteiger partial charge in [0.25, 0.3) is 5.91 Å². The first-order valence-electron chi connectivity index (χ1n) is 8.29. The van der Waals surface area contributed by atoms with E-state index in [-0.39, 0.29) is 5.91 Å². The number of rotatable bonds is 5. The molecule has 1 aliphatic rings. The summed E-state index contributed by atoms with van der Waals surface area (Å²) in [4.78, 5) is 14.6. The first-order chi connectivity index (χ1) is 10.2. The van der Waals surface area contributed by atoms with Gasteiger partial charge < -0.3 is 10.2 Å². The van der Waals surface area contributed by atoms with E-state index in [1.165, 1.54) is 12.8 Å². The highest BCUT2D eigenvalue weighted by molar-refractivity contribution is 5.95. The fourth-order valence-corrected chi connectivity index (χ4v) is 3.20. The van der Waals surface area contributed by atoms with Crippen LogP contribution in [-0.2, 0) is 0 Å². The van der Waals surface area contributed by atoms with Gasteiger partial charge in [0.1, 0.15) is 0 Å². The molecule has 1 N–H and O–H groups in total. The number of piperidine rings is 1. The Morgan fingerprint density at radius 1 is 1.29 bits per heavy atom. The van der Waals surface area contributed by atoms with E-state index in [4.69, 9.17) is 0 Å². The minimum absolute atomic E-state index is 0.191. The molecule has 0 bridgehead atoms. The average Bonchev–Trinajstić information content (AvgIpc) is 2.50. The van der Waals surface area contributed by atoms with Gasteiger partial charge in [0.2, 0.25) is 0 Å². The van der Waals surface area contributed by atoms with Gasteiger partial charge in [0.05, 0.1) is 0 Å². The lowest BCUT2D eigenvalue weighted by atomic mass is 9.92. The standard InChI is InChI=1S/C18H28N2O/c1-4-6-15-9-11-20(12-10-15)18(21)16-7-8-17(19-5-2)14(3)13-16/h7-8,13,15,19H,4-6,9-12H2,1-3H3. The molecule has 3 heteroatoms. The Morgan fingerprint density at radius 2 is 2.00 bits per heavy atom. The first kappa shape index (κ1) is 15.9. The molecule has 1 aliphatic heterocycles. The van der Waals surface area contributed by atoms with Crippen molar-refractivity contribution in [2.24, 2.45) is 5.92 Å². The van der Waals surface area contributed by atoms with Crippen molar-refractivity contribution in [2.45, 2.75) is 46.5 Å². The third-order valence-electron chi connectivity index (χ3n) is 4.44. The highest BCUT2D eigenvalue weighted by Gasteiger charge is 2.23. The van der Waals surface area contributed by atoms with Crippen LogP contribution < -0.4 is 5.32 Å². The van der Waals surface area contributed by atoms with Gasteiger partial charge >= 0.3 is 0 Å². The van der Waals surface area contributed by atoms with Gasteiger partial charge in [-0.05, 0) is 56.4 Å². The van der Waals surface area contributed by atoms with E-state index in [1.54, 1.807) is 0 Å². The molecule has 0 radical (unpaired) electrons. The molecule has 116 valence electrons. The van der Waals surface area contributed by atoms with Crippen LogP contribution in [0.2, 0.25) is 0 Å². The van der Waals surface area contributed by atoms with Gasteiger partial charge in [-0.3, -0.25) is 4.79 Å². The van der Waals surface area contributed by atoms with Gasteiger partial charge in [0, 0.05) is 30.9 Å². The summed E-state index contributed by atoms with van der Waals surface area (Å²) in [6, 6.07) is 5.99. The normalized spacial score (nSPS) is 16.0. The number of amides is 1. The SMILES string of the molecule is CCCC1CCN(C(=O)c2ccc(NCC)c(C)c2)CC1. The Kier molecular flexibility index (Phi) is 5.66. The van der Waals surface area contributed by atoms with Crippen LogP contribution in [0.25, 0.3) is 0 Å². The lowest BCUT2D eigenvalue weighted by molar-refractivity contribution is 0.0686. The molecule has 0 saturated carbocycles. The molecule has 21 heavy (non-hydrogen) atoms. The van der Waals surface area contributed by atoms with Crippen molar-refractivity contribution in [2.75, 3.05) is 25.0 Å². The van der Waals surface area contributed by atoms with Gasteiger partial charge in [-0.1, -0.05) is 19.8 Å². The van der Waals surface area contributed by atoms with Crippen LogP contribution in [0.4, 0.5) is 5.69 Å². The third-order valence-corrected chi connectivity index (χ3v) is 4.44. The first-order valence-corrected chi connectivity index (χ1v) is 8.29. The summed E-state index contributed by atoms with van der Waals surface area (Å²) >= 11 is 0. The van der Waals surface area contributed by atoms with Crippen LogP contribution in [0.3, 0.4) is 0 Å². The van der Waals surface area contributed by atoms with Crippen LogP contribution in [0, 0.1) is 12.8 Å². The predicted molar refractivity (Wildman–Crippen MR) is 88.9 cm³/mol. The van der Waals surface area contributed by atoms with Gasteiger partial charge in [-0.2, -0.15) is 0 Å². The van der Waals surface area contributed by atoms with Gasteiger partial charge in [-0.15, -0.1) is 0 Å². The van der Waals surface area contributed by atoms with Gasteiger partial charge in [-0.25, -0.2) is 0 Å². The van der Waals surface area contributed by atoms with Crippen molar-refractivity contribution in [1.29, 1.82) is 0 Å². The molecule has 1 aromatic rings. The molecular formula is C18H28N2O. The number of carbonyl (C=O) groups is 1. The number of hydrogen-bond donors (Lipinski definition) is 1. The topological polar surface area (TPSA) is 32.3 Å². The molecule has 0 aromatic heterocycles. The third kappa shape index (κ3) is 3.99. The lowest BCUT2D eigenvalue weighted by Crippen LogP contribution is -2.38. The van der Waals surface area contributed by atoms with Crippen LogP contribution in [0.5, 0.6) is 0 Å². The van der Waals surface area contributed by atoms with Gasteiger partial charge in [0.15, 0.2) is 0 Å². The van der Waals surface area contributed by atoms with Crippen LogP contribution in [0.1, 0.15) is 55.5 Å². The number of carbonyl (C=O) groups excluding carboxylic acids is 1. The molecule has 1 saturated heterocycles. The fourth-order valence-electron chi connectivity index (χ4n) is 3.20. The Bertz CT molecular complexity index is 476. The molecule has 3 nitrogen and oxygen atoms in total. The van der Waals surface area contributed by atoms with Crippen molar-refractivity contribution in [3.63, 3.8) is 0 Å². The van der Waals surface area contributed by atoms with E-state index in [1.807, 2.05) is 23.1 Å². The molecule has 0 aliphatic carbocycles. The summed E-state index contributed by atoms with van der Waals surface area (Å²) in [7, 11) is 0. The zero-order valence-electron chi connectivity index (χ0n) is 13.6. The highest BCUT2D eigenvalue weighted by atomic mass is 16.2. The maximum atomic E-state index is 12.6. The minimum atomic E-state index is 0.191. The van der Waals surface area contributed by atoms with E-state index in [9.17, 15) is 4.79 Å². The number of nitrogens with one attached hydrogen (secondary N) is 1. The van der Waals surface area contributed by atoms with E-state index in [2.05, 4.69) is 26.1 Å². The second kappa shape index (κ2) is 7.48. The van der Waals surface area contributed by atoms with Crippen molar-refractivity contribution >= 4 is 11.6 Å². The van der Waals surface area contributed by atoms with Crippen LogP contribution >= 0.6 is 0 Å². The summed E-state index contributed by atoms with van der Waals surface area (Å²) in [6.45, 7) is 9.11. The minimum Gasteiger partial charge on any atom is -0.385 e. The Labute approximate surface area is 128 Å². The maximum Gasteiger partial charge on any atom is 0.253 e. The van der Waals surface area contributed by atoms with E-state index >= 15 is 0 Å².